The molecule has 7 nitrogen and oxygen atoms in total. The van der Waals surface area contributed by atoms with E-state index in [1.54, 1.807) is 17.9 Å². The zero-order valence-electron chi connectivity index (χ0n) is 14.1. The van der Waals surface area contributed by atoms with Crippen molar-refractivity contribution in [1.29, 1.82) is 0 Å². The van der Waals surface area contributed by atoms with Gasteiger partial charge in [0, 0.05) is 43.4 Å². The van der Waals surface area contributed by atoms with E-state index in [9.17, 15) is 4.79 Å². The molecule has 1 aromatic carbocycles. The van der Waals surface area contributed by atoms with Crippen LogP contribution in [0, 0.1) is 0 Å². The van der Waals surface area contributed by atoms with E-state index in [0.717, 1.165) is 15.9 Å². The molecule has 1 heterocycles. The molecule has 0 fully saturated rings. The number of hydrogen-bond donors (Lipinski definition) is 3. The number of anilines is 1. The minimum Gasteiger partial charge on any atom is -0.356 e. The van der Waals surface area contributed by atoms with E-state index in [4.69, 9.17) is 0 Å². The maximum Gasteiger partial charge on any atom is 0.226 e. The summed E-state index contributed by atoms with van der Waals surface area (Å²) in [5.74, 6) is 0.597. The van der Waals surface area contributed by atoms with Gasteiger partial charge in [0.1, 0.15) is 0 Å². The molecule has 0 saturated carbocycles. The average Bonchev–Trinajstić information content (AvgIpc) is 2.98. The van der Waals surface area contributed by atoms with E-state index >= 15 is 0 Å². The number of nitrogens with one attached hydrogen (secondary N) is 3. The van der Waals surface area contributed by atoms with Crippen LogP contribution < -0.4 is 16.0 Å². The van der Waals surface area contributed by atoms with Gasteiger partial charge in [-0.3, -0.25) is 14.5 Å². The third kappa shape index (κ3) is 7.43. The molecular formula is C16H22BrIN6O. The van der Waals surface area contributed by atoms with Gasteiger partial charge in [0.2, 0.25) is 5.91 Å². The Hall–Kier alpha value is -1.62. The zero-order chi connectivity index (χ0) is 17.4. The lowest BCUT2D eigenvalue weighted by Crippen LogP contribution is -2.38. The molecule has 2 aromatic rings. The molecule has 0 saturated heterocycles. The number of aliphatic imine (C=N–C) groups is 1. The highest BCUT2D eigenvalue weighted by Gasteiger charge is 2.04. The molecule has 0 bridgehead atoms. The number of rotatable bonds is 6. The van der Waals surface area contributed by atoms with E-state index in [-0.39, 0.29) is 29.9 Å². The molecule has 2 rings (SSSR count). The number of amides is 1. The van der Waals surface area contributed by atoms with E-state index < -0.39 is 0 Å². The zero-order valence-corrected chi connectivity index (χ0v) is 18.0. The van der Waals surface area contributed by atoms with Crippen molar-refractivity contribution in [3.63, 3.8) is 0 Å². The molecule has 25 heavy (non-hydrogen) atoms. The fourth-order valence-electron chi connectivity index (χ4n) is 2.02. The Labute approximate surface area is 172 Å². The standard InChI is InChI=1S/C16H21BrN6O.HI/c1-18-16(20-11-14-7-10-21-23(14)2)19-9-8-15(24)22-13-5-3-12(17)4-6-13;/h3-7,10H,8-9,11H2,1-2H3,(H,22,24)(H2,18,19,20);1H. The highest BCUT2D eigenvalue weighted by Crippen LogP contribution is 2.14. The molecule has 136 valence electrons. The van der Waals surface area contributed by atoms with Crippen molar-refractivity contribution >= 4 is 57.5 Å². The van der Waals surface area contributed by atoms with Gasteiger partial charge in [-0.05, 0) is 30.3 Å². The summed E-state index contributed by atoms with van der Waals surface area (Å²) in [6.07, 6.45) is 2.10. The quantitative estimate of drug-likeness (QED) is 0.310. The highest BCUT2D eigenvalue weighted by molar-refractivity contribution is 14.0. The van der Waals surface area contributed by atoms with Crippen LogP contribution in [0.4, 0.5) is 5.69 Å². The van der Waals surface area contributed by atoms with Gasteiger partial charge in [-0.1, -0.05) is 15.9 Å². The van der Waals surface area contributed by atoms with Gasteiger partial charge in [0.25, 0.3) is 0 Å². The number of benzene rings is 1. The number of carbonyl (C=O) groups excluding carboxylic acids is 1. The van der Waals surface area contributed by atoms with Crippen molar-refractivity contribution in [2.45, 2.75) is 13.0 Å². The van der Waals surface area contributed by atoms with E-state index in [1.807, 2.05) is 37.4 Å². The highest BCUT2D eigenvalue weighted by atomic mass is 127. The number of hydrogen-bond acceptors (Lipinski definition) is 3. The molecule has 0 spiro atoms. The van der Waals surface area contributed by atoms with Crippen LogP contribution in [-0.2, 0) is 18.4 Å². The van der Waals surface area contributed by atoms with Gasteiger partial charge >= 0.3 is 0 Å². The van der Waals surface area contributed by atoms with E-state index in [2.05, 4.69) is 42.0 Å². The number of nitrogens with zero attached hydrogens (tertiary/aromatic N) is 3. The molecule has 0 aliphatic rings. The van der Waals surface area contributed by atoms with Crippen LogP contribution in [-0.4, -0.2) is 35.2 Å². The number of halogens is 2. The molecule has 0 aliphatic carbocycles. The minimum absolute atomic E-state index is 0. The molecular weight excluding hydrogens is 499 g/mol. The fraction of sp³-hybridized carbons (Fsp3) is 0.312. The van der Waals surface area contributed by atoms with Gasteiger partial charge < -0.3 is 16.0 Å². The van der Waals surface area contributed by atoms with E-state index in [0.29, 0.717) is 25.5 Å². The summed E-state index contributed by atoms with van der Waals surface area (Å²) < 4.78 is 2.77. The summed E-state index contributed by atoms with van der Waals surface area (Å²) in [6.45, 7) is 1.11. The van der Waals surface area contributed by atoms with Crippen molar-refractivity contribution in [3.05, 3.63) is 46.7 Å². The molecule has 1 amide bonds. The molecule has 0 radical (unpaired) electrons. The summed E-state index contributed by atoms with van der Waals surface area (Å²) in [5.41, 5.74) is 1.83. The molecule has 1 aromatic heterocycles. The Kier molecular flexibility index (Phi) is 9.50. The first kappa shape index (κ1) is 21.4. The van der Waals surface area contributed by atoms with Crippen molar-refractivity contribution in [2.24, 2.45) is 12.0 Å². The van der Waals surface area contributed by atoms with Gasteiger partial charge in [-0.15, -0.1) is 24.0 Å². The third-order valence-corrected chi connectivity index (χ3v) is 3.88. The maximum absolute atomic E-state index is 11.9. The normalized spacial score (nSPS) is 10.8. The average molecular weight is 521 g/mol. The summed E-state index contributed by atoms with van der Waals surface area (Å²) in [5, 5.41) is 13.3. The second-order valence-corrected chi connectivity index (χ2v) is 6.02. The number of carbonyl (C=O) groups is 1. The fourth-order valence-corrected chi connectivity index (χ4v) is 2.29. The topological polar surface area (TPSA) is 83.3 Å². The summed E-state index contributed by atoms with van der Waals surface area (Å²) in [6, 6.07) is 9.41. The Bertz CT molecular complexity index is 701. The second-order valence-electron chi connectivity index (χ2n) is 5.10. The summed E-state index contributed by atoms with van der Waals surface area (Å²) in [4.78, 5) is 16.1. The van der Waals surface area contributed by atoms with Gasteiger partial charge in [0.15, 0.2) is 5.96 Å². The molecule has 0 aliphatic heterocycles. The molecule has 0 atom stereocenters. The summed E-state index contributed by atoms with van der Waals surface area (Å²) >= 11 is 3.36. The van der Waals surface area contributed by atoms with Crippen molar-refractivity contribution in [2.75, 3.05) is 18.9 Å². The first-order chi connectivity index (χ1) is 11.6. The van der Waals surface area contributed by atoms with Crippen LogP contribution in [0.5, 0.6) is 0 Å². The molecule has 3 N–H and O–H groups in total. The largest absolute Gasteiger partial charge is 0.356 e. The van der Waals surface area contributed by atoms with E-state index in [1.165, 1.54) is 0 Å². The molecule has 0 unspecified atom stereocenters. The van der Waals surface area contributed by atoms with Crippen LogP contribution in [0.2, 0.25) is 0 Å². The lowest BCUT2D eigenvalue weighted by molar-refractivity contribution is -0.116. The van der Waals surface area contributed by atoms with Crippen molar-refractivity contribution in [1.82, 2.24) is 20.4 Å². The number of aryl methyl sites for hydroxylation is 1. The smallest absolute Gasteiger partial charge is 0.226 e. The minimum atomic E-state index is -0.0492. The first-order valence-corrected chi connectivity index (χ1v) is 8.34. The first-order valence-electron chi connectivity index (χ1n) is 7.55. The van der Waals surface area contributed by atoms with Gasteiger partial charge in [0.05, 0.1) is 12.2 Å². The van der Waals surface area contributed by atoms with Crippen LogP contribution in [0.25, 0.3) is 0 Å². The van der Waals surface area contributed by atoms with Crippen LogP contribution in [0.3, 0.4) is 0 Å². The maximum atomic E-state index is 11.9. The Morgan fingerprint density at radius 1 is 1.24 bits per heavy atom. The SMILES string of the molecule is CN=C(NCCC(=O)Nc1ccc(Br)cc1)NCc1ccnn1C.I. The predicted octanol–water partition coefficient (Wildman–Crippen LogP) is 2.49. The number of aromatic nitrogens is 2. The van der Waals surface area contributed by atoms with Crippen molar-refractivity contribution in [3.8, 4) is 0 Å². The third-order valence-electron chi connectivity index (χ3n) is 3.36. The van der Waals surface area contributed by atoms with Crippen LogP contribution in [0.15, 0.2) is 46.0 Å². The summed E-state index contributed by atoms with van der Waals surface area (Å²) in [7, 11) is 3.58. The van der Waals surface area contributed by atoms with Crippen LogP contribution >= 0.6 is 39.9 Å². The Balaban J connectivity index is 0.00000312. The van der Waals surface area contributed by atoms with Gasteiger partial charge in [-0.25, -0.2) is 0 Å². The monoisotopic (exact) mass is 520 g/mol. The lowest BCUT2D eigenvalue weighted by atomic mass is 10.3. The van der Waals surface area contributed by atoms with Gasteiger partial charge in [-0.2, -0.15) is 5.10 Å². The second kappa shape index (κ2) is 11.1. The Morgan fingerprint density at radius 3 is 2.56 bits per heavy atom. The molecule has 9 heteroatoms. The number of guanidine groups is 1. The lowest BCUT2D eigenvalue weighted by Gasteiger charge is -2.12. The predicted molar refractivity (Wildman–Crippen MR) is 114 cm³/mol. The van der Waals surface area contributed by atoms with Crippen LogP contribution in [0.1, 0.15) is 12.1 Å². The Morgan fingerprint density at radius 2 is 1.96 bits per heavy atom. The van der Waals surface area contributed by atoms with Crippen molar-refractivity contribution < 1.29 is 4.79 Å².